The Morgan fingerprint density at radius 1 is 1.10 bits per heavy atom. The molecule has 2 bridgehead atoms. The minimum atomic E-state index is -0.999. The molecule has 5 heterocycles. The molecule has 0 spiro atoms. The zero-order chi connectivity index (χ0) is 42.1. The molecule has 0 radical (unpaired) electrons. The third-order valence-corrected chi connectivity index (χ3v) is 13.6. The van der Waals surface area contributed by atoms with Crippen LogP contribution in [0.4, 0.5) is 4.79 Å². The molecule has 0 aromatic carbocycles. The molecule has 3 saturated heterocycles. The summed E-state index contributed by atoms with van der Waals surface area (Å²) in [5.74, 6) is -1.30. The van der Waals surface area contributed by atoms with Crippen LogP contribution in [0.5, 0.6) is 0 Å². The van der Waals surface area contributed by atoms with E-state index in [-0.39, 0.29) is 49.5 Å². The Bertz CT molecular complexity index is 1740. The summed E-state index contributed by atoms with van der Waals surface area (Å²) in [7, 11) is 4.39. The SMILES string of the molecule is CO[C@@H](/C(C)=C/C=C/C(C)=C/c1coc(C)n1)[C@@H](C)[C@@H]1C[C@H](OC(=O)OCCSSC[C@H](C)C(=O)O)[C@@]2(C)O[C@@H]2/C=C/[C@@H](C)[C@H]2C[C@H](CC(=O)O2)C[C@@H]2O[C@H]2C(=O)O1. The average molecular weight is 848 g/mol. The zero-order valence-electron chi connectivity index (χ0n) is 34.5. The number of epoxide rings is 2. The Morgan fingerprint density at radius 3 is 2.57 bits per heavy atom. The molecule has 4 aliphatic rings. The first-order chi connectivity index (χ1) is 27.6. The predicted octanol–water partition coefficient (Wildman–Crippen LogP) is 7.31. The third-order valence-electron chi connectivity index (χ3n) is 11.0. The summed E-state index contributed by atoms with van der Waals surface area (Å²) in [6.07, 6.45) is 9.54. The second-order valence-electron chi connectivity index (χ2n) is 15.9. The van der Waals surface area contributed by atoms with Gasteiger partial charge in [0, 0.05) is 50.2 Å². The number of esters is 2. The largest absolute Gasteiger partial charge is 0.508 e. The van der Waals surface area contributed by atoms with Gasteiger partial charge in [-0.05, 0) is 56.8 Å². The number of aryl methyl sites for hydroxylation is 1. The molecule has 320 valence electrons. The molecular formula is C42H57NO13S2. The normalized spacial score (nSPS) is 32.5. The van der Waals surface area contributed by atoms with Crippen LogP contribution >= 0.6 is 21.6 Å². The molecule has 1 aromatic rings. The number of carbonyl (C=O) groups excluding carboxylic acids is 3. The first kappa shape index (κ1) is 45.5. The summed E-state index contributed by atoms with van der Waals surface area (Å²) in [6, 6.07) is 0. The van der Waals surface area contributed by atoms with Crippen LogP contribution in [0.2, 0.25) is 0 Å². The number of oxazole rings is 1. The monoisotopic (exact) mass is 847 g/mol. The number of nitrogens with zero attached hydrogens (tertiary/aromatic N) is 1. The highest BCUT2D eigenvalue weighted by molar-refractivity contribution is 8.76. The number of carbonyl (C=O) groups is 4. The number of carboxylic acids is 1. The highest BCUT2D eigenvalue weighted by Gasteiger charge is 2.60. The van der Waals surface area contributed by atoms with Crippen molar-refractivity contribution in [1.82, 2.24) is 4.98 Å². The van der Waals surface area contributed by atoms with Crippen molar-refractivity contribution in [2.45, 2.75) is 122 Å². The van der Waals surface area contributed by atoms with Crippen molar-refractivity contribution in [3.63, 3.8) is 0 Å². The van der Waals surface area contributed by atoms with Crippen molar-refractivity contribution >= 4 is 51.7 Å². The molecule has 3 fully saturated rings. The van der Waals surface area contributed by atoms with Crippen molar-refractivity contribution in [3.05, 3.63) is 59.4 Å². The lowest BCUT2D eigenvalue weighted by Crippen LogP contribution is -2.43. The zero-order valence-corrected chi connectivity index (χ0v) is 36.1. The molecule has 4 aliphatic heterocycles. The summed E-state index contributed by atoms with van der Waals surface area (Å²) in [6.45, 7) is 13.1. The van der Waals surface area contributed by atoms with E-state index in [1.807, 2.05) is 71.1 Å². The first-order valence-electron chi connectivity index (χ1n) is 19.8. The van der Waals surface area contributed by atoms with E-state index in [2.05, 4.69) is 4.98 Å². The van der Waals surface area contributed by atoms with Gasteiger partial charge < -0.3 is 42.7 Å². The number of allylic oxidation sites excluding steroid dienone is 4. The standard InChI is InChI=1S/C42H57NO13S2/c1-23(16-30-21-51-28(6)43-30)10-9-11-25(3)37(49-8)27(5)32-20-35(55-41(48)50-14-15-57-58-22-26(4)39(45)46)42(7)34(56-42)13-12-24(2)31-17-29(19-36(44)52-31)18-33-38(53-33)40(47)54-32/h9-13,16,21,24,26-27,29,31-35,37-38H,14-15,17-20,22H2,1-8H3,(H,45,46)/b10-9+,13-12+,23-16+,25-11+/t24-,26+,27+,29+,31-,32+,33+,34-,35+,37+,38-,42+/m1/s1. The van der Waals surface area contributed by atoms with E-state index in [1.54, 1.807) is 27.2 Å². The Labute approximate surface area is 348 Å². The number of hydrogen-bond acceptors (Lipinski definition) is 15. The van der Waals surface area contributed by atoms with Gasteiger partial charge in [0.05, 0.1) is 18.1 Å². The van der Waals surface area contributed by atoms with E-state index < -0.39 is 66.1 Å². The summed E-state index contributed by atoms with van der Waals surface area (Å²) < 4.78 is 46.9. The van der Waals surface area contributed by atoms with E-state index in [0.717, 1.165) is 16.8 Å². The van der Waals surface area contributed by atoms with Crippen molar-refractivity contribution in [2.24, 2.45) is 23.7 Å². The smallest absolute Gasteiger partial charge is 0.481 e. The molecule has 0 saturated carbocycles. The number of carboxylic acid groups (broad SMARTS) is 1. The minimum Gasteiger partial charge on any atom is -0.481 e. The average Bonchev–Trinajstić information content (AvgIpc) is 4.04. The maximum absolute atomic E-state index is 13.8. The molecular weight excluding hydrogens is 791 g/mol. The summed E-state index contributed by atoms with van der Waals surface area (Å²) in [5, 5.41) is 9.12. The quantitative estimate of drug-likeness (QED) is 0.0352. The Hall–Kier alpha value is -3.57. The molecule has 16 heteroatoms. The van der Waals surface area contributed by atoms with Crippen LogP contribution in [0.3, 0.4) is 0 Å². The van der Waals surface area contributed by atoms with Crippen molar-refractivity contribution in [1.29, 1.82) is 0 Å². The van der Waals surface area contributed by atoms with E-state index >= 15 is 0 Å². The number of fused-ring (bicyclic) bond motifs is 4. The molecule has 58 heavy (non-hydrogen) atoms. The maximum atomic E-state index is 13.8. The fraction of sp³-hybridized carbons (Fsp3) is 0.643. The van der Waals surface area contributed by atoms with Gasteiger partial charge in [0.1, 0.15) is 48.6 Å². The van der Waals surface area contributed by atoms with Crippen LogP contribution in [0.25, 0.3) is 6.08 Å². The Balaban J connectivity index is 1.36. The van der Waals surface area contributed by atoms with Gasteiger partial charge >= 0.3 is 24.1 Å². The fourth-order valence-corrected chi connectivity index (χ4v) is 9.54. The van der Waals surface area contributed by atoms with Crippen LogP contribution in [0.15, 0.2) is 52.2 Å². The molecule has 14 nitrogen and oxygen atoms in total. The van der Waals surface area contributed by atoms with Gasteiger partial charge in [-0.15, -0.1) is 0 Å². The van der Waals surface area contributed by atoms with Gasteiger partial charge in [0.15, 0.2) is 12.0 Å². The van der Waals surface area contributed by atoms with Gasteiger partial charge in [0.2, 0.25) is 0 Å². The van der Waals surface area contributed by atoms with E-state index in [9.17, 15) is 19.2 Å². The van der Waals surface area contributed by atoms with Crippen molar-refractivity contribution < 1.29 is 61.9 Å². The summed E-state index contributed by atoms with van der Waals surface area (Å²) >= 11 is 0. The van der Waals surface area contributed by atoms with Crippen LogP contribution in [0.1, 0.15) is 78.8 Å². The molecule has 1 N–H and O–H groups in total. The lowest BCUT2D eigenvalue weighted by molar-refractivity contribution is -0.159. The van der Waals surface area contributed by atoms with Crippen LogP contribution in [-0.4, -0.2) is 108 Å². The van der Waals surface area contributed by atoms with Crippen LogP contribution in [0, 0.1) is 30.6 Å². The molecule has 0 aliphatic carbocycles. The van der Waals surface area contributed by atoms with Crippen molar-refractivity contribution in [2.75, 3.05) is 25.2 Å². The van der Waals surface area contributed by atoms with Gasteiger partial charge in [0.25, 0.3) is 0 Å². The number of ether oxygens (including phenoxy) is 7. The van der Waals surface area contributed by atoms with E-state index in [4.69, 9.17) is 42.7 Å². The van der Waals surface area contributed by atoms with Crippen molar-refractivity contribution in [3.8, 4) is 0 Å². The number of hydrogen-bond donors (Lipinski definition) is 1. The lowest BCUT2D eigenvalue weighted by Gasteiger charge is -2.33. The minimum absolute atomic E-state index is 0.00122. The third kappa shape index (κ3) is 12.7. The topological polar surface area (TPSA) is 186 Å². The molecule has 0 unspecified atom stereocenters. The van der Waals surface area contributed by atoms with Gasteiger partial charge in [-0.1, -0.05) is 72.7 Å². The Morgan fingerprint density at radius 2 is 1.86 bits per heavy atom. The fourth-order valence-electron chi connectivity index (χ4n) is 7.37. The molecule has 1 aromatic heterocycles. The molecule has 5 rings (SSSR count). The number of aliphatic carboxylic acids is 1. The molecule has 0 amide bonds. The second kappa shape index (κ2) is 20.6. The predicted molar refractivity (Wildman–Crippen MR) is 218 cm³/mol. The molecule has 12 atom stereocenters. The van der Waals surface area contributed by atoms with Gasteiger partial charge in [-0.2, -0.15) is 0 Å². The van der Waals surface area contributed by atoms with Crippen LogP contribution < -0.4 is 0 Å². The van der Waals surface area contributed by atoms with Crippen LogP contribution in [-0.2, 0) is 47.5 Å². The van der Waals surface area contributed by atoms with E-state index in [1.165, 1.54) is 21.6 Å². The summed E-state index contributed by atoms with van der Waals surface area (Å²) in [5.41, 5.74) is 1.55. The summed E-state index contributed by atoms with van der Waals surface area (Å²) in [4.78, 5) is 55.1. The highest BCUT2D eigenvalue weighted by atomic mass is 33.1. The number of cyclic esters (lactones) is 1. The number of methoxy groups -OCH3 is 1. The first-order valence-corrected chi connectivity index (χ1v) is 22.3. The van der Waals surface area contributed by atoms with Gasteiger partial charge in [-0.25, -0.2) is 14.6 Å². The second-order valence-corrected chi connectivity index (χ2v) is 18.5. The Kier molecular flexibility index (Phi) is 16.2. The van der Waals surface area contributed by atoms with Gasteiger partial charge in [-0.3, -0.25) is 9.59 Å². The van der Waals surface area contributed by atoms with E-state index in [0.29, 0.717) is 30.2 Å². The lowest BCUT2D eigenvalue weighted by atomic mass is 9.84. The highest BCUT2D eigenvalue weighted by Crippen LogP contribution is 2.46. The number of aromatic nitrogens is 1. The maximum Gasteiger partial charge on any atom is 0.508 e. The number of rotatable bonds is 15.